The van der Waals surface area contributed by atoms with E-state index in [1.54, 1.807) is 6.20 Å². The number of hydrogen-bond donors (Lipinski definition) is 0. The predicted octanol–water partition coefficient (Wildman–Crippen LogP) is 1.00. The molecule has 3 nitrogen and oxygen atoms in total. The smallest absolute Gasteiger partial charge is 0.179 e. The van der Waals surface area contributed by atoms with Crippen molar-refractivity contribution in [3.8, 4) is 0 Å². The van der Waals surface area contributed by atoms with Gasteiger partial charge in [0.25, 0.3) is 0 Å². The SMILES string of the molecule is CC(=O)C1=NC=CC(C)N=C1. The average molecular weight is 150 g/mol. The standard InChI is InChI=1S/C8H10N2O/c1-6-3-4-9-8(5-10-6)7(2)11/h3-6H,1-2H3. The van der Waals surface area contributed by atoms with E-state index in [1.165, 1.54) is 13.1 Å². The molecule has 58 valence electrons. The molecule has 0 bridgehead atoms. The second-order valence-electron chi connectivity index (χ2n) is 2.43. The monoisotopic (exact) mass is 150 g/mol. The van der Waals surface area contributed by atoms with Crippen LogP contribution in [-0.4, -0.2) is 23.8 Å². The molecule has 0 saturated carbocycles. The van der Waals surface area contributed by atoms with Crippen LogP contribution in [0.3, 0.4) is 0 Å². The number of carbonyl (C=O) groups is 1. The lowest BCUT2D eigenvalue weighted by Gasteiger charge is -1.92. The first kappa shape index (κ1) is 7.85. The maximum absolute atomic E-state index is 10.8. The number of rotatable bonds is 1. The molecule has 0 aliphatic carbocycles. The summed E-state index contributed by atoms with van der Waals surface area (Å²) in [6, 6.07) is 0.121. The van der Waals surface area contributed by atoms with Gasteiger partial charge in [-0.05, 0) is 13.0 Å². The van der Waals surface area contributed by atoms with Gasteiger partial charge in [0.15, 0.2) is 5.78 Å². The van der Waals surface area contributed by atoms with E-state index >= 15 is 0 Å². The van der Waals surface area contributed by atoms with Gasteiger partial charge in [-0.1, -0.05) is 0 Å². The molecule has 0 amide bonds. The molecule has 0 spiro atoms. The van der Waals surface area contributed by atoms with Gasteiger partial charge in [0.1, 0.15) is 5.71 Å². The van der Waals surface area contributed by atoms with E-state index in [4.69, 9.17) is 0 Å². The molecule has 0 aromatic rings. The Kier molecular flexibility index (Phi) is 2.31. The van der Waals surface area contributed by atoms with Crippen molar-refractivity contribution < 1.29 is 4.79 Å². The molecule has 0 aromatic heterocycles. The van der Waals surface area contributed by atoms with E-state index in [-0.39, 0.29) is 11.8 Å². The lowest BCUT2D eigenvalue weighted by molar-refractivity contribution is -0.110. The summed E-state index contributed by atoms with van der Waals surface area (Å²) in [5.74, 6) is -0.0486. The maximum Gasteiger partial charge on any atom is 0.179 e. The summed E-state index contributed by atoms with van der Waals surface area (Å²) in [7, 11) is 0. The summed E-state index contributed by atoms with van der Waals surface area (Å²) < 4.78 is 0. The molecule has 0 fully saturated rings. The summed E-state index contributed by atoms with van der Waals surface area (Å²) in [4.78, 5) is 18.8. The second-order valence-corrected chi connectivity index (χ2v) is 2.43. The Labute approximate surface area is 65.6 Å². The summed E-state index contributed by atoms with van der Waals surface area (Å²) in [6.07, 6.45) is 4.98. The van der Waals surface area contributed by atoms with E-state index < -0.39 is 0 Å². The molecular weight excluding hydrogens is 140 g/mol. The van der Waals surface area contributed by atoms with E-state index in [0.29, 0.717) is 5.71 Å². The van der Waals surface area contributed by atoms with Gasteiger partial charge in [0, 0.05) is 13.1 Å². The van der Waals surface area contributed by atoms with Crippen molar-refractivity contribution in [2.75, 3.05) is 0 Å². The first-order valence-corrected chi connectivity index (χ1v) is 3.49. The number of Topliss-reactive ketones (excluding diaryl/α,β-unsaturated/α-hetero) is 1. The van der Waals surface area contributed by atoms with Crippen LogP contribution in [0, 0.1) is 0 Å². The van der Waals surface area contributed by atoms with Gasteiger partial charge in [-0.2, -0.15) is 0 Å². The fourth-order valence-corrected chi connectivity index (χ4v) is 0.701. The number of carbonyl (C=O) groups excluding carboxylic acids is 1. The van der Waals surface area contributed by atoms with Crippen LogP contribution < -0.4 is 0 Å². The first-order chi connectivity index (χ1) is 5.20. The van der Waals surface area contributed by atoms with Crippen molar-refractivity contribution in [2.24, 2.45) is 9.98 Å². The molecule has 11 heavy (non-hydrogen) atoms. The van der Waals surface area contributed by atoms with Gasteiger partial charge in [0.2, 0.25) is 0 Å². The minimum atomic E-state index is -0.0486. The number of aliphatic imine (C=N–C) groups is 2. The van der Waals surface area contributed by atoms with Crippen LogP contribution in [0.5, 0.6) is 0 Å². The van der Waals surface area contributed by atoms with Crippen molar-refractivity contribution in [3.63, 3.8) is 0 Å². The Hall–Kier alpha value is -1.25. The van der Waals surface area contributed by atoms with Crippen molar-refractivity contribution in [1.82, 2.24) is 0 Å². The summed E-state index contributed by atoms with van der Waals surface area (Å²) in [6.45, 7) is 3.42. The van der Waals surface area contributed by atoms with Gasteiger partial charge in [-0.15, -0.1) is 0 Å². The van der Waals surface area contributed by atoms with Gasteiger partial charge in [-0.3, -0.25) is 14.8 Å². The highest BCUT2D eigenvalue weighted by Gasteiger charge is 2.03. The Balaban J connectivity index is 2.85. The summed E-state index contributed by atoms with van der Waals surface area (Å²) in [5, 5.41) is 0. The van der Waals surface area contributed by atoms with E-state index in [1.807, 2.05) is 13.0 Å². The molecule has 0 radical (unpaired) electrons. The molecule has 1 rings (SSSR count). The number of hydrogen-bond acceptors (Lipinski definition) is 3. The minimum absolute atomic E-state index is 0.0486. The zero-order valence-electron chi connectivity index (χ0n) is 6.61. The summed E-state index contributed by atoms with van der Waals surface area (Å²) in [5.41, 5.74) is 0.422. The Morgan fingerprint density at radius 2 is 2.36 bits per heavy atom. The highest BCUT2D eigenvalue weighted by Crippen LogP contribution is 1.96. The molecule has 1 unspecified atom stereocenters. The molecule has 1 aliphatic heterocycles. The molecule has 0 saturated heterocycles. The fourth-order valence-electron chi connectivity index (χ4n) is 0.701. The molecule has 1 aliphatic rings. The largest absolute Gasteiger partial charge is 0.293 e. The Bertz CT molecular complexity index is 251. The first-order valence-electron chi connectivity index (χ1n) is 3.49. The molecule has 1 heterocycles. The highest BCUT2D eigenvalue weighted by atomic mass is 16.1. The van der Waals surface area contributed by atoms with Crippen LogP contribution in [0.2, 0.25) is 0 Å². The molecule has 0 N–H and O–H groups in total. The van der Waals surface area contributed by atoms with Crippen LogP contribution in [-0.2, 0) is 4.79 Å². The van der Waals surface area contributed by atoms with Gasteiger partial charge in [-0.25, -0.2) is 0 Å². The van der Waals surface area contributed by atoms with E-state index in [2.05, 4.69) is 9.98 Å². The minimum Gasteiger partial charge on any atom is -0.293 e. The fraction of sp³-hybridized carbons (Fsp3) is 0.375. The summed E-state index contributed by atoms with van der Waals surface area (Å²) >= 11 is 0. The third-order valence-corrected chi connectivity index (χ3v) is 1.37. The Morgan fingerprint density at radius 1 is 1.64 bits per heavy atom. The van der Waals surface area contributed by atoms with Crippen molar-refractivity contribution in [2.45, 2.75) is 19.9 Å². The van der Waals surface area contributed by atoms with E-state index in [9.17, 15) is 4.79 Å². The van der Waals surface area contributed by atoms with Crippen LogP contribution in [0.1, 0.15) is 13.8 Å². The van der Waals surface area contributed by atoms with Gasteiger partial charge in [0.05, 0.1) is 12.3 Å². The third-order valence-electron chi connectivity index (χ3n) is 1.37. The van der Waals surface area contributed by atoms with Crippen molar-refractivity contribution in [3.05, 3.63) is 12.3 Å². The highest BCUT2D eigenvalue weighted by molar-refractivity contribution is 6.61. The van der Waals surface area contributed by atoms with Crippen LogP contribution in [0.25, 0.3) is 0 Å². The predicted molar refractivity (Wildman–Crippen MR) is 45.2 cm³/mol. The number of nitrogens with zero attached hydrogens (tertiary/aromatic N) is 2. The number of ketones is 1. The zero-order chi connectivity index (χ0) is 8.27. The second kappa shape index (κ2) is 3.23. The molecule has 0 aromatic carbocycles. The lowest BCUT2D eigenvalue weighted by atomic mass is 10.3. The maximum atomic E-state index is 10.8. The van der Waals surface area contributed by atoms with Crippen molar-refractivity contribution in [1.29, 1.82) is 0 Å². The average Bonchev–Trinajstić information content (AvgIpc) is 2.13. The Morgan fingerprint density at radius 3 is 3.00 bits per heavy atom. The van der Waals surface area contributed by atoms with Crippen LogP contribution >= 0.6 is 0 Å². The molecular formula is C8H10N2O. The van der Waals surface area contributed by atoms with Crippen LogP contribution in [0.15, 0.2) is 22.3 Å². The topological polar surface area (TPSA) is 41.8 Å². The lowest BCUT2D eigenvalue weighted by Crippen LogP contribution is -2.10. The molecule has 3 heteroatoms. The molecule has 1 atom stereocenters. The van der Waals surface area contributed by atoms with Gasteiger partial charge < -0.3 is 0 Å². The zero-order valence-corrected chi connectivity index (χ0v) is 6.61. The normalized spacial score (nSPS) is 22.7. The van der Waals surface area contributed by atoms with Gasteiger partial charge >= 0.3 is 0 Å². The van der Waals surface area contributed by atoms with E-state index in [0.717, 1.165) is 0 Å². The van der Waals surface area contributed by atoms with Crippen molar-refractivity contribution >= 4 is 17.7 Å². The quantitative estimate of drug-likeness (QED) is 0.549. The third kappa shape index (κ3) is 2.11. The van der Waals surface area contributed by atoms with Crippen LogP contribution in [0.4, 0.5) is 0 Å².